The van der Waals surface area contributed by atoms with Crippen LogP contribution in [0.1, 0.15) is 63.6 Å². The number of benzene rings is 2. The van der Waals surface area contributed by atoms with Crippen molar-refractivity contribution in [3.05, 3.63) is 53.3 Å². The number of nitrogens with zero attached hydrogens (tertiary/aromatic N) is 1. The third-order valence-corrected chi connectivity index (χ3v) is 8.00. The van der Waals surface area contributed by atoms with Crippen LogP contribution in [0.5, 0.6) is 5.75 Å². The average Bonchev–Trinajstić information content (AvgIpc) is 3.08. The number of alkyl carbamates (subject to hydrolysis) is 1. The van der Waals surface area contributed by atoms with Crippen LogP contribution in [0.25, 0.3) is 11.1 Å². The van der Waals surface area contributed by atoms with Crippen LogP contribution in [-0.2, 0) is 11.2 Å². The first kappa shape index (κ1) is 24.1. The molecule has 35 heavy (non-hydrogen) atoms. The topological polar surface area (TPSA) is 50.8 Å². The predicted octanol–water partition coefficient (Wildman–Crippen LogP) is 6.12. The molecule has 1 N–H and O–H groups in total. The smallest absolute Gasteiger partial charge is 0.407 e. The molecule has 6 heteroatoms. The molecule has 0 unspecified atom stereocenters. The van der Waals surface area contributed by atoms with Gasteiger partial charge >= 0.3 is 6.09 Å². The fourth-order valence-corrected chi connectivity index (χ4v) is 5.98. The van der Waals surface area contributed by atoms with Crippen molar-refractivity contribution < 1.29 is 18.7 Å². The van der Waals surface area contributed by atoms with Crippen molar-refractivity contribution in [3.63, 3.8) is 0 Å². The zero-order chi connectivity index (χ0) is 24.6. The number of ether oxygens (including phenoxy) is 2. The lowest BCUT2D eigenvalue weighted by Crippen LogP contribution is -2.53. The third-order valence-electron chi connectivity index (χ3n) is 8.00. The fraction of sp³-hybridized carbons (Fsp3) is 0.552. The van der Waals surface area contributed by atoms with Gasteiger partial charge in [-0.05, 0) is 91.1 Å². The lowest BCUT2D eigenvalue weighted by atomic mass is 9.85. The molecule has 2 bridgehead atoms. The Bertz CT molecular complexity index is 1080. The molecule has 6 rings (SSSR count). The van der Waals surface area contributed by atoms with Gasteiger partial charge in [-0.2, -0.15) is 0 Å². The van der Waals surface area contributed by atoms with Gasteiger partial charge in [0.25, 0.3) is 0 Å². The van der Waals surface area contributed by atoms with Gasteiger partial charge in [0.05, 0.1) is 12.6 Å². The van der Waals surface area contributed by atoms with E-state index < -0.39 is 6.09 Å². The molecule has 2 aromatic rings. The first-order valence-electron chi connectivity index (χ1n) is 13.1. The molecule has 0 radical (unpaired) electrons. The van der Waals surface area contributed by atoms with E-state index in [1.165, 1.54) is 0 Å². The van der Waals surface area contributed by atoms with Crippen LogP contribution < -0.4 is 10.1 Å². The van der Waals surface area contributed by atoms with Crippen LogP contribution in [0.2, 0.25) is 0 Å². The highest BCUT2D eigenvalue weighted by Gasteiger charge is 2.42. The van der Waals surface area contributed by atoms with Crippen LogP contribution in [0, 0.1) is 17.2 Å². The molecule has 0 aromatic heterocycles. The highest BCUT2D eigenvalue weighted by molar-refractivity contribution is 5.71. The molecule has 3 heterocycles. The minimum absolute atomic E-state index is 0.0487. The predicted molar refractivity (Wildman–Crippen MR) is 135 cm³/mol. The summed E-state index contributed by atoms with van der Waals surface area (Å²) in [5, 5.41) is 3.09. The quantitative estimate of drug-likeness (QED) is 0.486. The summed E-state index contributed by atoms with van der Waals surface area (Å²) in [5.41, 5.74) is 3.03. The van der Waals surface area contributed by atoms with Gasteiger partial charge in [0, 0.05) is 12.1 Å². The standard InChI is InChI=1S/C29H37FN2O3/c1-4-5-13-34-22-8-6-7-20(14-22)23-15-21-17-29(2,3)27(24(21)16-25(23)30)31-28(33)35-26-18-32-11-9-19(26)10-12-32/h6-8,14-16,19,26-27H,4-5,9-13,17-18H2,1-3H3,(H,31,33)/t26-,27+/m1/s1. The molecule has 4 aliphatic rings. The Hall–Kier alpha value is -2.60. The minimum atomic E-state index is -0.393. The lowest BCUT2D eigenvalue weighted by molar-refractivity contribution is -0.0349. The average molecular weight is 481 g/mol. The van der Waals surface area contributed by atoms with Crippen LogP contribution in [-0.4, -0.2) is 43.3 Å². The van der Waals surface area contributed by atoms with Crippen molar-refractivity contribution in [3.8, 4) is 16.9 Å². The molecule has 3 aliphatic heterocycles. The van der Waals surface area contributed by atoms with Gasteiger partial charge in [0.15, 0.2) is 0 Å². The van der Waals surface area contributed by atoms with Gasteiger partial charge in [-0.1, -0.05) is 39.3 Å². The number of fused-ring (bicyclic) bond motifs is 4. The first-order valence-corrected chi connectivity index (χ1v) is 13.1. The largest absolute Gasteiger partial charge is 0.494 e. The zero-order valence-electron chi connectivity index (χ0n) is 21.1. The van der Waals surface area contributed by atoms with Gasteiger partial charge in [-0.25, -0.2) is 9.18 Å². The second-order valence-corrected chi connectivity index (χ2v) is 11.1. The van der Waals surface area contributed by atoms with Crippen molar-refractivity contribution >= 4 is 6.09 Å². The van der Waals surface area contributed by atoms with Crippen molar-refractivity contribution in [1.82, 2.24) is 10.2 Å². The summed E-state index contributed by atoms with van der Waals surface area (Å²) in [6, 6.07) is 10.9. The Morgan fingerprint density at radius 1 is 1.20 bits per heavy atom. The highest BCUT2D eigenvalue weighted by Crippen LogP contribution is 2.47. The molecule has 0 saturated carbocycles. The Kier molecular flexibility index (Phi) is 6.75. The summed E-state index contributed by atoms with van der Waals surface area (Å²) < 4.78 is 27.1. The molecule has 2 atom stereocenters. The normalized spacial score (nSPS) is 26.3. The molecule has 2 aromatic carbocycles. The van der Waals surface area contributed by atoms with E-state index in [2.05, 4.69) is 31.0 Å². The maximum absolute atomic E-state index is 15.4. The van der Waals surface area contributed by atoms with Gasteiger partial charge in [-0.15, -0.1) is 0 Å². The maximum Gasteiger partial charge on any atom is 0.407 e. The summed E-state index contributed by atoms with van der Waals surface area (Å²) in [7, 11) is 0. The number of rotatable bonds is 7. The number of hydrogen-bond donors (Lipinski definition) is 1. The number of hydrogen-bond acceptors (Lipinski definition) is 4. The summed E-state index contributed by atoms with van der Waals surface area (Å²) in [6.07, 6.45) is 4.56. The van der Waals surface area contributed by atoms with Gasteiger partial charge in [0.2, 0.25) is 0 Å². The van der Waals surface area contributed by atoms with Gasteiger partial charge < -0.3 is 14.8 Å². The van der Waals surface area contributed by atoms with E-state index in [0.29, 0.717) is 18.1 Å². The van der Waals surface area contributed by atoms with E-state index in [1.54, 1.807) is 6.07 Å². The number of halogens is 1. The molecule has 5 nitrogen and oxygen atoms in total. The first-order chi connectivity index (χ1) is 16.8. The number of unbranched alkanes of at least 4 members (excludes halogenated alkanes) is 1. The number of amides is 1. The van der Waals surface area contributed by atoms with Crippen molar-refractivity contribution in [1.29, 1.82) is 0 Å². The Morgan fingerprint density at radius 2 is 2.00 bits per heavy atom. The second-order valence-electron chi connectivity index (χ2n) is 11.1. The molecule has 3 saturated heterocycles. The Balaban J connectivity index is 1.33. The second kappa shape index (κ2) is 9.81. The van der Waals surface area contributed by atoms with Crippen molar-refractivity contribution in [2.75, 3.05) is 26.2 Å². The molecule has 0 spiro atoms. The monoisotopic (exact) mass is 480 g/mol. The van der Waals surface area contributed by atoms with Gasteiger partial charge in [0.1, 0.15) is 17.7 Å². The van der Waals surface area contributed by atoms with E-state index in [-0.39, 0.29) is 23.4 Å². The van der Waals surface area contributed by atoms with Gasteiger partial charge in [-0.3, -0.25) is 4.90 Å². The molecule has 3 fully saturated rings. The molecule has 1 aliphatic carbocycles. The number of carbonyl (C=O) groups excluding carboxylic acids is 1. The number of nitrogens with one attached hydrogen (secondary N) is 1. The van der Waals surface area contributed by atoms with E-state index in [1.807, 2.05) is 30.3 Å². The fourth-order valence-electron chi connectivity index (χ4n) is 5.98. The summed E-state index contributed by atoms with van der Waals surface area (Å²) in [4.78, 5) is 15.3. The molecule has 1 amide bonds. The zero-order valence-corrected chi connectivity index (χ0v) is 21.1. The summed E-state index contributed by atoms with van der Waals surface area (Å²) >= 11 is 0. The van der Waals surface area contributed by atoms with Crippen molar-refractivity contribution in [2.24, 2.45) is 11.3 Å². The summed E-state index contributed by atoms with van der Waals surface area (Å²) in [5.74, 6) is 0.923. The summed E-state index contributed by atoms with van der Waals surface area (Å²) in [6.45, 7) is 10.0. The van der Waals surface area contributed by atoms with E-state index in [9.17, 15) is 4.79 Å². The lowest BCUT2D eigenvalue weighted by Gasteiger charge is -2.44. The Labute approximate surface area is 208 Å². The van der Waals surface area contributed by atoms with Crippen LogP contribution >= 0.6 is 0 Å². The van der Waals surface area contributed by atoms with Crippen LogP contribution in [0.15, 0.2) is 36.4 Å². The molecular weight excluding hydrogens is 443 g/mol. The Morgan fingerprint density at radius 3 is 2.71 bits per heavy atom. The SMILES string of the molecule is CCCCOc1cccc(-c2cc3c(cc2F)[C@H](NC(=O)O[C@@H]2CN4CCC2CC4)C(C)(C)C3)c1. The maximum atomic E-state index is 15.4. The minimum Gasteiger partial charge on any atom is -0.494 e. The van der Waals surface area contributed by atoms with Crippen LogP contribution in [0.3, 0.4) is 0 Å². The number of piperidine rings is 3. The van der Waals surface area contributed by atoms with E-state index in [4.69, 9.17) is 9.47 Å². The highest BCUT2D eigenvalue weighted by atomic mass is 19.1. The van der Waals surface area contributed by atoms with E-state index >= 15 is 4.39 Å². The molecule has 188 valence electrons. The van der Waals surface area contributed by atoms with Crippen LogP contribution in [0.4, 0.5) is 9.18 Å². The van der Waals surface area contributed by atoms with E-state index in [0.717, 1.165) is 74.2 Å². The molecular formula is C29H37FN2O3. The number of carbonyl (C=O) groups is 1. The van der Waals surface area contributed by atoms with Crippen molar-refractivity contribution in [2.45, 2.75) is 65.0 Å². The third kappa shape index (κ3) is 5.04.